The van der Waals surface area contributed by atoms with Crippen molar-refractivity contribution in [3.05, 3.63) is 53.7 Å². The fourth-order valence-electron chi connectivity index (χ4n) is 3.99. The Kier molecular flexibility index (Phi) is 6.62. The summed E-state index contributed by atoms with van der Waals surface area (Å²) in [5, 5.41) is 0. The molecule has 1 amide bonds. The number of aromatic nitrogens is 1. The van der Waals surface area contributed by atoms with Gasteiger partial charge in [-0.2, -0.15) is 17.5 Å². The average Bonchev–Trinajstić information content (AvgIpc) is 3.35. The number of nitrogens with zero attached hydrogens (tertiary/aromatic N) is 3. The molecule has 0 saturated carbocycles. The molecule has 4 rings (SSSR count). The number of carbonyl (C=O) groups is 1. The van der Waals surface area contributed by atoms with Gasteiger partial charge in [-0.05, 0) is 43.2 Å². The Balaban J connectivity index is 1.32. The molecule has 178 valence electrons. The summed E-state index contributed by atoms with van der Waals surface area (Å²) in [5.74, 6) is -0.0891. The van der Waals surface area contributed by atoms with E-state index in [2.05, 4.69) is 4.98 Å². The molecule has 7 nitrogen and oxygen atoms in total. The second-order valence-electron chi connectivity index (χ2n) is 8.13. The lowest BCUT2D eigenvalue weighted by Gasteiger charge is -2.32. The number of hydrogen-bond donors (Lipinski definition) is 0. The van der Waals surface area contributed by atoms with Crippen molar-refractivity contribution in [2.24, 2.45) is 0 Å². The van der Waals surface area contributed by atoms with Crippen molar-refractivity contribution in [2.75, 3.05) is 26.2 Å². The van der Waals surface area contributed by atoms with Crippen LogP contribution in [0.2, 0.25) is 0 Å². The van der Waals surface area contributed by atoms with Crippen LogP contribution in [0.3, 0.4) is 0 Å². The van der Waals surface area contributed by atoms with Crippen LogP contribution in [0.5, 0.6) is 5.88 Å². The number of pyridine rings is 1. The van der Waals surface area contributed by atoms with Crippen LogP contribution < -0.4 is 4.74 Å². The topological polar surface area (TPSA) is 79.8 Å². The van der Waals surface area contributed by atoms with Gasteiger partial charge in [-0.3, -0.25) is 4.79 Å². The highest BCUT2D eigenvalue weighted by atomic mass is 32.2. The van der Waals surface area contributed by atoms with E-state index in [-0.39, 0.29) is 22.8 Å². The third kappa shape index (κ3) is 5.30. The fraction of sp³-hybridized carbons (Fsp3) is 0.455. The van der Waals surface area contributed by atoms with Crippen molar-refractivity contribution in [1.29, 1.82) is 0 Å². The van der Waals surface area contributed by atoms with Crippen molar-refractivity contribution in [1.82, 2.24) is 14.2 Å². The SMILES string of the molecule is O=C(c1ccc(S(=O)(=O)N2CCCC2)cc1)N1CCC(Oc2ccc(C(F)(F)F)cn2)CC1. The molecule has 0 N–H and O–H groups in total. The van der Waals surface area contributed by atoms with E-state index < -0.39 is 21.8 Å². The fourth-order valence-corrected chi connectivity index (χ4v) is 5.51. The molecule has 0 bridgehead atoms. The van der Waals surface area contributed by atoms with Gasteiger partial charge in [0.1, 0.15) is 6.10 Å². The molecule has 1 aromatic heterocycles. The van der Waals surface area contributed by atoms with E-state index in [9.17, 15) is 26.4 Å². The van der Waals surface area contributed by atoms with E-state index in [0.717, 1.165) is 25.1 Å². The minimum atomic E-state index is -4.45. The first-order valence-electron chi connectivity index (χ1n) is 10.7. The second-order valence-corrected chi connectivity index (χ2v) is 10.1. The molecule has 33 heavy (non-hydrogen) atoms. The number of benzene rings is 1. The lowest BCUT2D eigenvalue weighted by molar-refractivity contribution is -0.137. The first-order chi connectivity index (χ1) is 15.6. The largest absolute Gasteiger partial charge is 0.474 e. The van der Waals surface area contributed by atoms with E-state index in [0.29, 0.717) is 44.6 Å². The Labute approximate surface area is 190 Å². The number of piperidine rings is 1. The number of alkyl halides is 3. The Morgan fingerprint density at radius 2 is 1.61 bits per heavy atom. The summed E-state index contributed by atoms with van der Waals surface area (Å²) in [6.45, 7) is 1.86. The molecule has 0 radical (unpaired) electrons. The summed E-state index contributed by atoms with van der Waals surface area (Å²) in [5.41, 5.74) is -0.436. The predicted octanol–water partition coefficient (Wildman–Crippen LogP) is 3.57. The quantitative estimate of drug-likeness (QED) is 0.650. The molecule has 2 saturated heterocycles. The third-order valence-electron chi connectivity index (χ3n) is 5.88. The number of likely N-dealkylation sites (tertiary alicyclic amines) is 1. The van der Waals surface area contributed by atoms with Crippen LogP contribution in [0.25, 0.3) is 0 Å². The van der Waals surface area contributed by atoms with Crippen LogP contribution >= 0.6 is 0 Å². The number of ether oxygens (including phenoxy) is 1. The number of amides is 1. The zero-order chi connectivity index (χ0) is 23.6. The third-order valence-corrected chi connectivity index (χ3v) is 7.80. The Morgan fingerprint density at radius 3 is 2.15 bits per heavy atom. The highest BCUT2D eigenvalue weighted by Gasteiger charge is 2.31. The molecule has 0 unspecified atom stereocenters. The Morgan fingerprint density at radius 1 is 0.970 bits per heavy atom. The molecule has 2 aliphatic heterocycles. The number of hydrogen-bond acceptors (Lipinski definition) is 5. The molecule has 0 spiro atoms. The van der Waals surface area contributed by atoms with E-state index in [1.807, 2.05) is 0 Å². The highest BCUT2D eigenvalue weighted by Crippen LogP contribution is 2.29. The van der Waals surface area contributed by atoms with Gasteiger partial charge >= 0.3 is 6.18 Å². The second kappa shape index (κ2) is 9.30. The summed E-state index contributed by atoms with van der Waals surface area (Å²) < 4.78 is 70.3. The number of sulfonamides is 1. The maximum Gasteiger partial charge on any atom is 0.417 e. The van der Waals surface area contributed by atoms with Crippen LogP contribution in [-0.2, 0) is 16.2 Å². The van der Waals surface area contributed by atoms with E-state index in [1.165, 1.54) is 34.6 Å². The normalized spacial score (nSPS) is 18.5. The molecule has 1 aromatic carbocycles. The predicted molar refractivity (Wildman–Crippen MR) is 113 cm³/mol. The summed E-state index contributed by atoms with van der Waals surface area (Å²) >= 11 is 0. The van der Waals surface area contributed by atoms with Gasteiger partial charge in [-0.1, -0.05) is 0 Å². The maximum absolute atomic E-state index is 12.8. The van der Waals surface area contributed by atoms with Crippen LogP contribution in [0.4, 0.5) is 13.2 Å². The number of rotatable bonds is 5. The minimum absolute atomic E-state index is 0.113. The summed E-state index contributed by atoms with van der Waals surface area (Å²) in [4.78, 5) is 18.4. The molecular weight excluding hydrogens is 459 g/mol. The molecule has 3 heterocycles. The standard InChI is InChI=1S/C22H24F3N3O4S/c23-22(24,25)17-5-8-20(26-15-17)32-18-9-13-27(14-10-18)21(29)16-3-6-19(7-4-16)33(30,31)28-11-1-2-12-28/h3-8,15,18H,1-2,9-14H2. The number of halogens is 3. The van der Waals surface area contributed by atoms with Crippen molar-refractivity contribution in [3.8, 4) is 5.88 Å². The van der Waals surface area contributed by atoms with Crippen LogP contribution in [-0.4, -0.2) is 60.8 Å². The lowest BCUT2D eigenvalue weighted by Crippen LogP contribution is -2.41. The van der Waals surface area contributed by atoms with Crippen molar-refractivity contribution in [2.45, 2.75) is 42.9 Å². The van der Waals surface area contributed by atoms with Gasteiger partial charge in [0.2, 0.25) is 15.9 Å². The maximum atomic E-state index is 12.8. The smallest absolute Gasteiger partial charge is 0.417 e. The lowest BCUT2D eigenvalue weighted by atomic mass is 10.1. The van der Waals surface area contributed by atoms with Gasteiger partial charge in [-0.15, -0.1) is 0 Å². The van der Waals surface area contributed by atoms with Crippen LogP contribution in [0, 0.1) is 0 Å². The zero-order valence-corrected chi connectivity index (χ0v) is 18.6. The van der Waals surface area contributed by atoms with E-state index in [4.69, 9.17) is 4.74 Å². The monoisotopic (exact) mass is 483 g/mol. The van der Waals surface area contributed by atoms with Crippen molar-refractivity contribution in [3.63, 3.8) is 0 Å². The zero-order valence-electron chi connectivity index (χ0n) is 17.8. The van der Waals surface area contributed by atoms with Gasteiger partial charge in [0.05, 0.1) is 10.5 Å². The molecule has 2 aliphatic rings. The number of carbonyl (C=O) groups excluding carboxylic acids is 1. The average molecular weight is 484 g/mol. The van der Waals surface area contributed by atoms with Gasteiger partial charge in [-0.25, -0.2) is 13.4 Å². The van der Waals surface area contributed by atoms with E-state index in [1.54, 1.807) is 4.90 Å². The van der Waals surface area contributed by atoms with Gasteiger partial charge in [0.15, 0.2) is 0 Å². The van der Waals surface area contributed by atoms with Gasteiger partial charge < -0.3 is 9.64 Å². The highest BCUT2D eigenvalue weighted by molar-refractivity contribution is 7.89. The summed E-state index contributed by atoms with van der Waals surface area (Å²) in [6, 6.07) is 8.10. The molecule has 11 heteroatoms. The molecule has 0 atom stereocenters. The van der Waals surface area contributed by atoms with Gasteiger partial charge in [0, 0.05) is 56.8 Å². The molecule has 2 aromatic rings. The Hall–Kier alpha value is -2.66. The molecular formula is C22H24F3N3O4S. The van der Waals surface area contributed by atoms with E-state index >= 15 is 0 Å². The molecule has 0 aliphatic carbocycles. The summed E-state index contributed by atoms with van der Waals surface area (Å²) in [7, 11) is -3.53. The Bertz CT molecular complexity index is 1080. The minimum Gasteiger partial charge on any atom is -0.474 e. The van der Waals surface area contributed by atoms with Gasteiger partial charge in [0.25, 0.3) is 5.91 Å². The van der Waals surface area contributed by atoms with Crippen LogP contribution in [0.15, 0.2) is 47.5 Å². The van der Waals surface area contributed by atoms with Crippen molar-refractivity contribution < 1.29 is 31.1 Å². The summed E-state index contributed by atoms with van der Waals surface area (Å²) in [6.07, 6.45) is -1.25. The first-order valence-corrected chi connectivity index (χ1v) is 12.2. The molecule has 2 fully saturated rings. The van der Waals surface area contributed by atoms with Crippen LogP contribution in [0.1, 0.15) is 41.6 Å². The van der Waals surface area contributed by atoms with Crippen molar-refractivity contribution >= 4 is 15.9 Å². The first kappa shape index (κ1) is 23.5.